The molecular weight excluding hydrogens is 214 g/mol. The van der Waals surface area contributed by atoms with E-state index in [1.807, 2.05) is 4.90 Å². The minimum absolute atomic E-state index is 0.159. The Morgan fingerprint density at radius 3 is 2.41 bits per heavy atom. The van der Waals surface area contributed by atoms with E-state index in [0.29, 0.717) is 5.91 Å². The van der Waals surface area contributed by atoms with Crippen LogP contribution >= 0.6 is 0 Å². The largest absolute Gasteiger partial charge is 0.340 e. The van der Waals surface area contributed by atoms with Gasteiger partial charge in [0.05, 0.1) is 0 Å². The highest BCUT2D eigenvalue weighted by Gasteiger charge is 2.24. The van der Waals surface area contributed by atoms with Crippen LogP contribution in [-0.4, -0.2) is 61.5 Å². The van der Waals surface area contributed by atoms with Crippen molar-refractivity contribution in [1.29, 1.82) is 0 Å². The van der Waals surface area contributed by atoms with Gasteiger partial charge in [0.1, 0.15) is 0 Å². The standard InChI is InChI=1S/C13H25N3O/c1-12(11-15-7-3-2-4-8-15)13(17)16-9-5-14-6-10-16/h12,14H,2-11H2,1H3. The highest BCUT2D eigenvalue weighted by atomic mass is 16.2. The van der Waals surface area contributed by atoms with Crippen LogP contribution in [0.15, 0.2) is 0 Å². The fraction of sp³-hybridized carbons (Fsp3) is 0.923. The third-order valence-corrected chi connectivity index (χ3v) is 3.83. The monoisotopic (exact) mass is 239 g/mol. The Labute approximate surface area is 104 Å². The van der Waals surface area contributed by atoms with Crippen molar-refractivity contribution in [3.05, 3.63) is 0 Å². The lowest BCUT2D eigenvalue weighted by atomic mass is 10.1. The molecule has 0 bridgehead atoms. The SMILES string of the molecule is CC(CN1CCCCC1)C(=O)N1CCNCC1. The third-order valence-electron chi connectivity index (χ3n) is 3.83. The molecule has 0 saturated carbocycles. The van der Waals surface area contributed by atoms with Crippen LogP contribution < -0.4 is 5.32 Å². The maximum Gasteiger partial charge on any atom is 0.226 e. The van der Waals surface area contributed by atoms with Gasteiger partial charge in [-0.15, -0.1) is 0 Å². The highest BCUT2D eigenvalue weighted by molar-refractivity contribution is 5.78. The number of amides is 1. The average molecular weight is 239 g/mol. The summed E-state index contributed by atoms with van der Waals surface area (Å²) in [6.07, 6.45) is 3.96. The molecule has 0 aromatic carbocycles. The van der Waals surface area contributed by atoms with Crippen molar-refractivity contribution < 1.29 is 4.79 Å². The van der Waals surface area contributed by atoms with Gasteiger partial charge in [0.2, 0.25) is 5.91 Å². The summed E-state index contributed by atoms with van der Waals surface area (Å²) >= 11 is 0. The number of rotatable bonds is 3. The van der Waals surface area contributed by atoms with Gasteiger partial charge in [-0.05, 0) is 25.9 Å². The van der Waals surface area contributed by atoms with E-state index in [9.17, 15) is 4.79 Å². The number of piperidine rings is 1. The van der Waals surface area contributed by atoms with Crippen LogP contribution in [-0.2, 0) is 4.79 Å². The van der Waals surface area contributed by atoms with Gasteiger partial charge in [-0.25, -0.2) is 0 Å². The second-order valence-electron chi connectivity index (χ2n) is 5.34. The van der Waals surface area contributed by atoms with Crippen molar-refractivity contribution in [3.8, 4) is 0 Å². The lowest BCUT2D eigenvalue weighted by Gasteiger charge is -2.33. The maximum absolute atomic E-state index is 12.2. The molecule has 0 radical (unpaired) electrons. The molecular formula is C13H25N3O. The summed E-state index contributed by atoms with van der Waals surface area (Å²) in [5, 5.41) is 3.29. The number of piperazine rings is 1. The first-order chi connectivity index (χ1) is 8.27. The average Bonchev–Trinajstić information content (AvgIpc) is 2.40. The molecule has 0 aromatic heterocycles. The van der Waals surface area contributed by atoms with E-state index >= 15 is 0 Å². The van der Waals surface area contributed by atoms with E-state index < -0.39 is 0 Å². The Hall–Kier alpha value is -0.610. The molecule has 2 aliphatic rings. The number of nitrogens with one attached hydrogen (secondary N) is 1. The molecule has 17 heavy (non-hydrogen) atoms. The van der Waals surface area contributed by atoms with Crippen LogP contribution in [0.25, 0.3) is 0 Å². The lowest BCUT2D eigenvalue weighted by Crippen LogP contribution is -2.49. The number of hydrogen-bond acceptors (Lipinski definition) is 3. The van der Waals surface area contributed by atoms with Gasteiger partial charge >= 0.3 is 0 Å². The van der Waals surface area contributed by atoms with Crippen LogP contribution in [0.3, 0.4) is 0 Å². The Bertz CT molecular complexity index is 245. The normalized spacial score (nSPS) is 24.6. The first-order valence-corrected chi connectivity index (χ1v) is 6.99. The van der Waals surface area contributed by atoms with Gasteiger partial charge in [-0.1, -0.05) is 13.3 Å². The molecule has 2 saturated heterocycles. The zero-order chi connectivity index (χ0) is 12.1. The van der Waals surface area contributed by atoms with Crippen LogP contribution in [0.5, 0.6) is 0 Å². The highest BCUT2D eigenvalue weighted by Crippen LogP contribution is 2.12. The van der Waals surface area contributed by atoms with E-state index in [4.69, 9.17) is 0 Å². The zero-order valence-electron chi connectivity index (χ0n) is 11.0. The molecule has 4 heteroatoms. The van der Waals surface area contributed by atoms with Gasteiger partial charge in [-0.3, -0.25) is 4.79 Å². The molecule has 1 N–H and O–H groups in total. The molecule has 2 heterocycles. The van der Waals surface area contributed by atoms with Gasteiger partial charge in [0.25, 0.3) is 0 Å². The van der Waals surface area contributed by atoms with Crippen molar-refractivity contribution >= 4 is 5.91 Å². The van der Waals surface area contributed by atoms with Crippen molar-refractivity contribution in [3.63, 3.8) is 0 Å². The molecule has 1 atom stereocenters. The summed E-state index contributed by atoms with van der Waals surface area (Å²) in [5.74, 6) is 0.503. The summed E-state index contributed by atoms with van der Waals surface area (Å²) in [7, 11) is 0. The topological polar surface area (TPSA) is 35.6 Å². The summed E-state index contributed by atoms with van der Waals surface area (Å²) in [6, 6.07) is 0. The van der Waals surface area contributed by atoms with E-state index in [-0.39, 0.29) is 5.92 Å². The van der Waals surface area contributed by atoms with Gasteiger partial charge in [0.15, 0.2) is 0 Å². The molecule has 2 fully saturated rings. The molecule has 98 valence electrons. The number of carbonyl (C=O) groups is 1. The number of likely N-dealkylation sites (tertiary alicyclic amines) is 1. The van der Waals surface area contributed by atoms with Crippen molar-refractivity contribution in [2.24, 2.45) is 5.92 Å². The van der Waals surface area contributed by atoms with Crippen LogP contribution in [0.2, 0.25) is 0 Å². The van der Waals surface area contributed by atoms with Crippen molar-refractivity contribution in [2.45, 2.75) is 26.2 Å². The Kier molecular flexibility index (Phi) is 4.80. The fourth-order valence-corrected chi connectivity index (χ4v) is 2.80. The second kappa shape index (κ2) is 6.36. The van der Waals surface area contributed by atoms with Crippen LogP contribution in [0.4, 0.5) is 0 Å². The first kappa shape index (κ1) is 12.8. The van der Waals surface area contributed by atoms with Crippen molar-refractivity contribution in [2.75, 3.05) is 45.8 Å². The van der Waals surface area contributed by atoms with E-state index in [2.05, 4.69) is 17.1 Å². The quantitative estimate of drug-likeness (QED) is 0.781. The smallest absolute Gasteiger partial charge is 0.226 e. The summed E-state index contributed by atoms with van der Waals surface area (Å²) in [4.78, 5) is 16.7. The minimum Gasteiger partial charge on any atom is -0.340 e. The van der Waals surface area contributed by atoms with Gasteiger partial charge in [-0.2, -0.15) is 0 Å². The predicted molar refractivity (Wildman–Crippen MR) is 68.9 cm³/mol. The predicted octanol–water partition coefficient (Wildman–Crippen LogP) is 0.540. The molecule has 4 nitrogen and oxygen atoms in total. The third kappa shape index (κ3) is 3.68. The Morgan fingerprint density at radius 2 is 1.76 bits per heavy atom. The zero-order valence-corrected chi connectivity index (χ0v) is 11.0. The molecule has 0 aliphatic carbocycles. The van der Waals surface area contributed by atoms with Gasteiger partial charge < -0.3 is 15.1 Å². The van der Waals surface area contributed by atoms with E-state index in [0.717, 1.165) is 32.7 Å². The fourth-order valence-electron chi connectivity index (χ4n) is 2.80. The summed E-state index contributed by atoms with van der Waals surface area (Å²) in [5.41, 5.74) is 0. The second-order valence-corrected chi connectivity index (χ2v) is 5.34. The number of hydrogen-bond donors (Lipinski definition) is 1. The Balaban J connectivity index is 1.77. The van der Waals surface area contributed by atoms with E-state index in [1.165, 1.54) is 32.4 Å². The summed E-state index contributed by atoms with van der Waals surface area (Å²) < 4.78 is 0. The van der Waals surface area contributed by atoms with Crippen LogP contribution in [0, 0.1) is 5.92 Å². The maximum atomic E-state index is 12.2. The van der Waals surface area contributed by atoms with Crippen LogP contribution in [0.1, 0.15) is 26.2 Å². The molecule has 1 amide bonds. The summed E-state index contributed by atoms with van der Waals surface area (Å²) in [6.45, 7) is 9.04. The molecule has 2 rings (SSSR count). The first-order valence-electron chi connectivity index (χ1n) is 6.99. The van der Waals surface area contributed by atoms with Gasteiger partial charge in [0, 0.05) is 38.6 Å². The molecule has 1 unspecified atom stereocenters. The molecule has 0 spiro atoms. The van der Waals surface area contributed by atoms with E-state index in [1.54, 1.807) is 0 Å². The number of carbonyl (C=O) groups excluding carboxylic acids is 1. The molecule has 0 aromatic rings. The lowest BCUT2D eigenvalue weighted by molar-refractivity contribution is -0.136. The minimum atomic E-state index is 0.159. The number of nitrogens with zero attached hydrogens (tertiary/aromatic N) is 2. The molecule has 2 aliphatic heterocycles. The van der Waals surface area contributed by atoms with Crippen molar-refractivity contribution in [1.82, 2.24) is 15.1 Å². The Morgan fingerprint density at radius 1 is 1.12 bits per heavy atom.